The molecule has 1 unspecified atom stereocenters. The predicted molar refractivity (Wildman–Crippen MR) is 63.3 cm³/mol. The van der Waals surface area contributed by atoms with E-state index in [0.29, 0.717) is 5.41 Å². The Balaban J connectivity index is 2.13. The van der Waals surface area contributed by atoms with Gasteiger partial charge in [0.2, 0.25) is 0 Å². The lowest BCUT2D eigenvalue weighted by Crippen LogP contribution is -2.08. The summed E-state index contributed by atoms with van der Waals surface area (Å²) in [7, 11) is 0. The van der Waals surface area contributed by atoms with Gasteiger partial charge in [0.15, 0.2) is 4.77 Å². The summed E-state index contributed by atoms with van der Waals surface area (Å²) in [5.74, 6) is 1.89. The zero-order valence-electron chi connectivity index (χ0n) is 9.71. The highest BCUT2D eigenvalue weighted by Crippen LogP contribution is 2.52. The molecule has 1 aliphatic carbocycles. The molecule has 1 aromatic heterocycles. The standard InChI is InChI=1S/C11H19N3S/c1-4-5-9-12-13-10(15)14(9)7-8-6-11(8,2)3/h8H,4-7H2,1-3H3,(H,13,15). The first-order valence-corrected chi connectivity index (χ1v) is 6.09. The quantitative estimate of drug-likeness (QED) is 0.799. The minimum absolute atomic E-state index is 0.509. The molecule has 0 aliphatic heterocycles. The molecule has 0 bridgehead atoms. The molecule has 1 aromatic rings. The van der Waals surface area contributed by atoms with Crippen LogP contribution in [0.15, 0.2) is 0 Å². The second kappa shape index (κ2) is 3.74. The van der Waals surface area contributed by atoms with Gasteiger partial charge in [-0.3, -0.25) is 5.10 Å². The van der Waals surface area contributed by atoms with Gasteiger partial charge < -0.3 is 4.57 Å². The van der Waals surface area contributed by atoms with Crippen molar-refractivity contribution < 1.29 is 0 Å². The summed E-state index contributed by atoms with van der Waals surface area (Å²) in [6.45, 7) is 7.85. The molecule has 1 fully saturated rings. The number of nitrogens with one attached hydrogen (secondary N) is 1. The Morgan fingerprint density at radius 1 is 1.60 bits per heavy atom. The van der Waals surface area contributed by atoms with Crippen molar-refractivity contribution in [3.8, 4) is 0 Å². The molecule has 1 aliphatic rings. The Kier molecular flexibility index (Phi) is 2.71. The van der Waals surface area contributed by atoms with Crippen molar-refractivity contribution in [3.63, 3.8) is 0 Å². The van der Waals surface area contributed by atoms with Crippen LogP contribution in [-0.2, 0) is 13.0 Å². The zero-order chi connectivity index (χ0) is 11.1. The summed E-state index contributed by atoms with van der Waals surface area (Å²) in [5.41, 5.74) is 0.509. The van der Waals surface area contributed by atoms with Crippen molar-refractivity contribution in [2.45, 2.75) is 46.6 Å². The van der Waals surface area contributed by atoms with E-state index in [9.17, 15) is 0 Å². The summed E-state index contributed by atoms with van der Waals surface area (Å²) < 4.78 is 2.96. The number of aromatic amines is 1. The van der Waals surface area contributed by atoms with Crippen LogP contribution in [0.5, 0.6) is 0 Å². The lowest BCUT2D eigenvalue weighted by Gasteiger charge is -2.07. The van der Waals surface area contributed by atoms with Gasteiger partial charge in [0, 0.05) is 13.0 Å². The molecule has 3 nitrogen and oxygen atoms in total. The number of rotatable bonds is 4. The van der Waals surface area contributed by atoms with Gasteiger partial charge in [0.1, 0.15) is 5.82 Å². The van der Waals surface area contributed by atoms with E-state index in [1.54, 1.807) is 0 Å². The highest BCUT2D eigenvalue weighted by molar-refractivity contribution is 7.71. The highest BCUT2D eigenvalue weighted by Gasteiger charge is 2.45. The van der Waals surface area contributed by atoms with E-state index in [4.69, 9.17) is 12.2 Å². The number of nitrogens with zero attached hydrogens (tertiary/aromatic N) is 2. The monoisotopic (exact) mass is 225 g/mol. The normalized spacial score (nSPS) is 23.0. The average Bonchev–Trinajstić information content (AvgIpc) is 2.62. The molecule has 0 radical (unpaired) electrons. The van der Waals surface area contributed by atoms with Crippen LogP contribution in [0.25, 0.3) is 0 Å². The van der Waals surface area contributed by atoms with Crippen LogP contribution in [0.3, 0.4) is 0 Å². The van der Waals surface area contributed by atoms with Crippen LogP contribution in [0, 0.1) is 16.1 Å². The Labute approximate surface area is 95.9 Å². The maximum Gasteiger partial charge on any atom is 0.195 e. The SMILES string of the molecule is CCCc1n[nH]c(=S)n1CC1CC1(C)C. The maximum atomic E-state index is 5.25. The van der Waals surface area contributed by atoms with Crippen LogP contribution in [-0.4, -0.2) is 14.8 Å². The highest BCUT2D eigenvalue weighted by atomic mass is 32.1. The first-order valence-electron chi connectivity index (χ1n) is 5.68. The Bertz CT molecular complexity index is 402. The van der Waals surface area contributed by atoms with E-state index in [2.05, 4.69) is 35.5 Å². The minimum Gasteiger partial charge on any atom is -0.304 e. The number of aryl methyl sites for hydroxylation is 1. The molecule has 1 N–H and O–H groups in total. The second-order valence-electron chi connectivity index (χ2n) is 5.20. The molecule has 0 amide bonds. The van der Waals surface area contributed by atoms with Gasteiger partial charge in [-0.05, 0) is 36.4 Å². The molecule has 1 heterocycles. The fourth-order valence-corrected chi connectivity index (χ4v) is 2.29. The summed E-state index contributed by atoms with van der Waals surface area (Å²) in [5, 5.41) is 7.18. The molecule has 0 spiro atoms. The fourth-order valence-electron chi connectivity index (χ4n) is 2.06. The summed E-state index contributed by atoms with van der Waals surface area (Å²) >= 11 is 5.25. The van der Waals surface area contributed by atoms with Crippen molar-refractivity contribution in [2.24, 2.45) is 11.3 Å². The molecule has 84 valence electrons. The van der Waals surface area contributed by atoms with Crippen molar-refractivity contribution in [1.29, 1.82) is 0 Å². The third kappa shape index (κ3) is 2.14. The Hall–Kier alpha value is -0.640. The van der Waals surface area contributed by atoms with Crippen LogP contribution >= 0.6 is 12.2 Å². The van der Waals surface area contributed by atoms with Crippen LogP contribution in [0.4, 0.5) is 0 Å². The topological polar surface area (TPSA) is 33.6 Å². The molecule has 2 rings (SSSR count). The third-order valence-electron chi connectivity index (χ3n) is 3.43. The second-order valence-corrected chi connectivity index (χ2v) is 5.58. The first-order chi connectivity index (χ1) is 7.04. The van der Waals surface area contributed by atoms with Crippen molar-refractivity contribution in [3.05, 3.63) is 10.6 Å². The largest absolute Gasteiger partial charge is 0.304 e. The Morgan fingerprint density at radius 2 is 2.27 bits per heavy atom. The molecular weight excluding hydrogens is 206 g/mol. The van der Waals surface area contributed by atoms with E-state index >= 15 is 0 Å². The van der Waals surface area contributed by atoms with E-state index in [1.165, 1.54) is 6.42 Å². The smallest absolute Gasteiger partial charge is 0.195 e. The summed E-state index contributed by atoms with van der Waals surface area (Å²) in [6, 6.07) is 0. The predicted octanol–water partition coefficient (Wildman–Crippen LogP) is 2.94. The van der Waals surface area contributed by atoms with Gasteiger partial charge in [-0.2, -0.15) is 5.10 Å². The van der Waals surface area contributed by atoms with Crippen LogP contribution in [0.2, 0.25) is 0 Å². The van der Waals surface area contributed by atoms with Gasteiger partial charge in [0.05, 0.1) is 0 Å². The van der Waals surface area contributed by atoms with E-state index in [0.717, 1.165) is 35.9 Å². The van der Waals surface area contributed by atoms with E-state index in [1.807, 2.05) is 0 Å². The van der Waals surface area contributed by atoms with Crippen molar-refractivity contribution in [2.75, 3.05) is 0 Å². The number of H-pyrrole nitrogens is 1. The number of hydrogen-bond acceptors (Lipinski definition) is 2. The summed E-state index contributed by atoms with van der Waals surface area (Å²) in [6.07, 6.45) is 3.44. The molecule has 4 heteroatoms. The molecule has 0 saturated heterocycles. The number of hydrogen-bond donors (Lipinski definition) is 1. The molecule has 0 aromatic carbocycles. The fraction of sp³-hybridized carbons (Fsp3) is 0.818. The van der Waals surface area contributed by atoms with Crippen molar-refractivity contribution >= 4 is 12.2 Å². The van der Waals surface area contributed by atoms with Gasteiger partial charge in [-0.25, -0.2) is 0 Å². The Morgan fingerprint density at radius 3 is 2.80 bits per heavy atom. The van der Waals surface area contributed by atoms with E-state index < -0.39 is 0 Å². The lowest BCUT2D eigenvalue weighted by atomic mass is 10.1. The van der Waals surface area contributed by atoms with Gasteiger partial charge in [0.25, 0.3) is 0 Å². The maximum absolute atomic E-state index is 5.25. The molecule has 1 atom stereocenters. The third-order valence-corrected chi connectivity index (χ3v) is 3.74. The zero-order valence-corrected chi connectivity index (χ0v) is 10.5. The van der Waals surface area contributed by atoms with Crippen molar-refractivity contribution in [1.82, 2.24) is 14.8 Å². The summed E-state index contributed by atoms with van der Waals surface area (Å²) in [4.78, 5) is 0. The number of aromatic nitrogens is 3. The first kappa shape index (κ1) is 10.9. The van der Waals surface area contributed by atoms with E-state index in [-0.39, 0.29) is 0 Å². The molecule has 15 heavy (non-hydrogen) atoms. The lowest BCUT2D eigenvalue weighted by molar-refractivity contribution is 0.485. The van der Waals surface area contributed by atoms with Gasteiger partial charge >= 0.3 is 0 Å². The minimum atomic E-state index is 0.509. The molecular formula is C11H19N3S. The van der Waals surface area contributed by atoms with Crippen LogP contribution < -0.4 is 0 Å². The van der Waals surface area contributed by atoms with Gasteiger partial charge in [-0.15, -0.1) is 0 Å². The molecule has 1 saturated carbocycles. The average molecular weight is 225 g/mol. The van der Waals surface area contributed by atoms with Crippen LogP contribution in [0.1, 0.15) is 39.4 Å². The van der Waals surface area contributed by atoms with Gasteiger partial charge in [-0.1, -0.05) is 20.8 Å².